The first-order chi connectivity index (χ1) is 14.0. The molecular formula is C22H16ClNO5. The van der Waals surface area contributed by atoms with Crippen molar-refractivity contribution in [3.05, 3.63) is 88.8 Å². The van der Waals surface area contributed by atoms with Gasteiger partial charge in [-0.1, -0.05) is 29.8 Å². The summed E-state index contributed by atoms with van der Waals surface area (Å²) < 4.78 is 10.7. The average Bonchev–Trinajstić information content (AvgIpc) is 3.36. The Hall–Kier alpha value is -3.51. The van der Waals surface area contributed by atoms with Gasteiger partial charge in [0.25, 0.3) is 11.7 Å². The van der Waals surface area contributed by atoms with Gasteiger partial charge in [-0.15, -0.1) is 0 Å². The van der Waals surface area contributed by atoms with E-state index in [0.29, 0.717) is 17.2 Å². The molecule has 6 nitrogen and oxygen atoms in total. The van der Waals surface area contributed by atoms with Gasteiger partial charge in [-0.25, -0.2) is 0 Å². The number of hydrogen-bond donors (Lipinski definition) is 1. The molecule has 1 unspecified atom stereocenters. The van der Waals surface area contributed by atoms with Crippen molar-refractivity contribution >= 4 is 34.7 Å². The van der Waals surface area contributed by atoms with Gasteiger partial charge in [-0.3, -0.25) is 14.5 Å². The fourth-order valence-corrected chi connectivity index (χ4v) is 3.57. The zero-order chi connectivity index (χ0) is 20.5. The van der Waals surface area contributed by atoms with Crippen LogP contribution in [0.5, 0.6) is 5.75 Å². The number of aliphatic hydroxyl groups excluding tert-OH is 1. The number of ketones is 1. The van der Waals surface area contributed by atoms with E-state index in [9.17, 15) is 14.7 Å². The van der Waals surface area contributed by atoms with Gasteiger partial charge in [0, 0.05) is 11.3 Å². The van der Waals surface area contributed by atoms with E-state index < -0.39 is 23.5 Å². The summed E-state index contributed by atoms with van der Waals surface area (Å²) in [6, 6.07) is 15.8. The Balaban J connectivity index is 1.95. The van der Waals surface area contributed by atoms with Crippen molar-refractivity contribution < 1.29 is 23.8 Å². The summed E-state index contributed by atoms with van der Waals surface area (Å²) in [5, 5.41) is 11.3. The number of aliphatic hydroxyl groups is 1. The average molecular weight is 410 g/mol. The first-order valence-electron chi connectivity index (χ1n) is 8.76. The topological polar surface area (TPSA) is 80.0 Å². The van der Waals surface area contributed by atoms with E-state index in [1.807, 2.05) is 0 Å². The number of para-hydroxylation sites is 1. The van der Waals surface area contributed by atoms with E-state index in [1.54, 1.807) is 54.6 Å². The maximum Gasteiger partial charge on any atom is 0.300 e. The lowest BCUT2D eigenvalue weighted by atomic mass is 9.99. The largest absolute Gasteiger partial charge is 0.507 e. The maximum absolute atomic E-state index is 13.0. The Labute approximate surface area is 171 Å². The minimum atomic E-state index is -0.935. The highest BCUT2D eigenvalue weighted by atomic mass is 35.5. The zero-order valence-corrected chi connectivity index (χ0v) is 16.1. The molecule has 0 aliphatic carbocycles. The lowest BCUT2D eigenvalue weighted by Crippen LogP contribution is -2.29. The molecule has 146 valence electrons. The lowest BCUT2D eigenvalue weighted by Gasteiger charge is -2.23. The molecule has 1 amide bonds. The van der Waals surface area contributed by atoms with Gasteiger partial charge in [-0.05, 0) is 42.5 Å². The monoisotopic (exact) mass is 409 g/mol. The predicted molar refractivity (Wildman–Crippen MR) is 108 cm³/mol. The van der Waals surface area contributed by atoms with Crippen LogP contribution in [0.4, 0.5) is 5.69 Å². The van der Waals surface area contributed by atoms with E-state index in [2.05, 4.69) is 0 Å². The van der Waals surface area contributed by atoms with Crippen molar-refractivity contribution in [3.63, 3.8) is 0 Å². The zero-order valence-electron chi connectivity index (χ0n) is 15.3. The normalized spacial score (nSPS) is 18.3. The van der Waals surface area contributed by atoms with E-state index in [1.165, 1.54) is 24.3 Å². The Kier molecular flexibility index (Phi) is 4.86. The Bertz CT molecular complexity index is 1110. The summed E-state index contributed by atoms with van der Waals surface area (Å²) in [4.78, 5) is 27.2. The third-order valence-electron chi connectivity index (χ3n) is 4.72. The molecule has 1 aliphatic heterocycles. The number of hydrogen-bond acceptors (Lipinski definition) is 5. The van der Waals surface area contributed by atoms with Gasteiger partial charge < -0.3 is 14.3 Å². The number of rotatable bonds is 4. The quantitative estimate of drug-likeness (QED) is 0.388. The number of anilines is 1. The molecule has 7 heteroatoms. The van der Waals surface area contributed by atoms with Gasteiger partial charge >= 0.3 is 0 Å². The van der Waals surface area contributed by atoms with Crippen molar-refractivity contribution in [3.8, 4) is 5.75 Å². The summed E-state index contributed by atoms with van der Waals surface area (Å²) >= 11 is 6.25. The van der Waals surface area contributed by atoms with Gasteiger partial charge in [0.15, 0.2) is 0 Å². The summed E-state index contributed by atoms with van der Waals surface area (Å²) in [7, 11) is 1.48. The molecule has 2 heterocycles. The molecule has 0 bridgehead atoms. The number of amides is 1. The van der Waals surface area contributed by atoms with E-state index in [4.69, 9.17) is 20.8 Å². The summed E-state index contributed by atoms with van der Waals surface area (Å²) in [6.07, 6.45) is 1.44. The number of methoxy groups -OCH3 is 1. The Morgan fingerprint density at radius 2 is 1.86 bits per heavy atom. The minimum absolute atomic E-state index is 0.107. The summed E-state index contributed by atoms with van der Waals surface area (Å²) in [5.74, 6) is -1.20. The summed E-state index contributed by atoms with van der Waals surface area (Å²) in [6.45, 7) is 0. The predicted octanol–water partition coefficient (Wildman–Crippen LogP) is 4.57. The highest BCUT2D eigenvalue weighted by Gasteiger charge is 2.48. The fraction of sp³-hybridized carbons (Fsp3) is 0.0909. The molecule has 1 saturated heterocycles. The van der Waals surface area contributed by atoms with Crippen LogP contribution < -0.4 is 9.64 Å². The maximum atomic E-state index is 13.0. The SMILES string of the molecule is COc1ccc(Cl)c(/C(O)=C2/C(=O)C(=O)N(c3ccccc3)C2c2ccco2)c1. The molecule has 1 aromatic heterocycles. The fourth-order valence-electron chi connectivity index (χ4n) is 3.36. The molecule has 1 atom stereocenters. The molecule has 1 aliphatic rings. The van der Waals surface area contributed by atoms with Crippen molar-refractivity contribution in [2.24, 2.45) is 0 Å². The van der Waals surface area contributed by atoms with Crippen LogP contribution in [0.15, 0.2) is 76.9 Å². The highest BCUT2D eigenvalue weighted by Crippen LogP contribution is 2.43. The molecule has 1 fully saturated rings. The second-order valence-electron chi connectivity index (χ2n) is 6.37. The number of nitrogens with zero attached hydrogens (tertiary/aromatic N) is 1. The van der Waals surface area contributed by atoms with Crippen LogP contribution >= 0.6 is 11.6 Å². The van der Waals surface area contributed by atoms with Crippen LogP contribution in [0.1, 0.15) is 17.4 Å². The molecule has 0 radical (unpaired) electrons. The van der Waals surface area contributed by atoms with Crippen LogP contribution in [0.2, 0.25) is 5.02 Å². The molecular weight excluding hydrogens is 394 g/mol. The minimum Gasteiger partial charge on any atom is -0.507 e. The number of ether oxygens (including phenoxy) is 1. The highest BCUT2D eigenvalue weighted by molar-refractivity contribution is 6.51. The van der Waals surface area contributed by atoms with Gasteiger partial charge in [0.1, 0.15) is 23.3 Å². The number of carbonyl (C=O) groups is 2. The number of halogens is 1. The van der Waals surface area contributed by atoms with Crippen molar-refractivity contribution in [2.45, 2.75) is 6.04 Å². The van der Waals surface area contributed by atoms with Crippen molar-refractivity contribution in [1.82, 2.24) is 0 Å². The van der Waals surface area contributed by atoms with Crippen LogP contribution in [0, 0.1) is 0 Å². The molecule has 0 spiro atoms. The number of benzene rings is 2. The van der Waals surface area contributed by atoms with Crippen molar-refractivity contribution in [2.75, 3.05) is 12.0 Å². The van der Waals surface area contributed by atoms with Gasteiger partial charge in [0.05, 0.1) is 24.0 Å². The molecule has 3 aromatic rings. The van der Waals surface area contributed by atoms with Gasteiger partial charge in [-0.2, -0.15) is 0 Å². The molecule has 1 N–H and O–H groups in total. The van der Waals surface area contributed by atoms with Crippen LogP contribution in [-0.2, 0) is 9.59 Å². The number of Topliss-reactive ketones (excluding diaryl/α,β-unsaturated/α-hetero) is 1. The standard InChI is InChI=1S/C22H16ClNO5/c1-28-14-9-10-16(23)15(12-14)20(25)18-19(17-8-5-11-29-17)24(22(27)21(18)26)13-6-3-2-4-7-13/h2-12,19,25H,1H3/b20-18-. The van der Waals surface area contributed by atoms with Crippen LogP contribution in [0.3, 0.4) is 0 Å². The molecule has 2 aromatic carbocycles. The van der Waals surface area contributed by atoms with E-state index in [-0.39, 0.29) is 16.2 Å². The first kappa shape index (κ1) is 18.8. The van der Waals surface area contributed by atoms with Crippen LogP contribution in [0.25, 0.3) is 5.76 Å². The Morgan fingerprint density at radius 1 is 1.10 bits per heavy atom. The number of carbonyl (C=O) groups excluding carboxylic acids is 2. The van der Waals surface area contributed by atoms with Crippen molar-refractivity contribution in [1.29, 1.82) is 0 Å². The third-order valence-corrected chi connectivity index (χ3v) is 5.05. The second kappa shape index (κ2) is 7.48. The molecule has 0 saturated carbocycles. The lowest BCUT2D eigenvalue weighted by molar-refractivity contribution is -0.132. The van der Waals surface area contributed by atoms with Crippen LogP contribution in [-0.4, -0.2) is 23.9 Å². The number of furan rings is 1. The molecule has 29 heavy (non-hydrogen) atoms. The summed E-state index contributed by atoms with van der Waals surface area (Å²) in [5.41, 5.74) is 0.587. The van der Waals surface area contributed by atoms with E-state index in [0.717, 1.165) is 0 Å². The Morgan fingerprint density at radius 3 is 2.52 bits per heavy atom. The van der Waals surface area contributed by atoms with Gasteiger partial charge in [0.2, 0.25) is 0 Å². The molecule has 4 rings (SSSR count). The second-order valence-corrected chi connectivity index (χ2v) is 6.77. The van der Waals surface area contributed by atoms with E-state index >= 15 is 0 Å². The smallest absolute Gasteiger partial charge is 0.300 e. The first-order valence-corrected chi connectivity index (χ1v) is 9.14. The third kappa shape index (κ3) is 3.17.